The third-order valence-electron chi connectivity index (χ3n) is 4.64. The zero-order chi connectivity index (χ0) is 18.4. The van der Waals surface area contributed by atoms with Crippen LogP contribution >= 0.6 is 0 Å². The Morgan fingerprint density at radius 3 is 2.68 bits per heavy atom. The first-order valence-electron chi connectivity index (χ1n) is 9.09. The fourth-order valence-corrected chi connectivity index (χ4v) is 3.42. The third-order valence-corrected chi connectivity index (χ3v) is 4.64. The maximum atomic E-state index is 12.7. The van der Waals surface area contributed by atoms with Crippen molar-refractivity contribution in [3.63, 3.8) is 0 Å². The predicted octanol–water partition coefficient (Wildman–Crippen LogP) is 3.01. The minimum absolute atomic E-state index is 0.0878. The molecule has 1 unspecified atom stereocenters. The minimum Gasteiger partial charge on any atom is -0.346 e. The molecule has 2 aromatic rings. The summed E-state index contributed by atoms with van der Waals surface area (Å²) in [7, 11) is 0. The zero-order valence-electron chi connectivity index (χ0n) is 16.1. The van der Waals surface area contributed by atoms with Gasteiger partial charge in [0.1, 0.15) is 11.5 Å². The summed E-state index contributed by atoms with van der Waals surface area (Å²) < 4.78 is 4.13. The minimum atomic E-state index is -0.147. The van der Waals surface area contributed by atoms with Crippen molar-refractivity contribution in [3.05, 3.63) is 35.2 Å². The van der Waals surface area contributed by atoms with Gasteiger partial charge in [0.15, 0.2) is 0 Å². The van der Waals surface area contributed by atoms with Crippen molar-refractivity contribution in [1.29, 1.82) is 0 Å². The lowest BCUT2D eigenvalue weighted by molar-refractivity contribution is 0.0921. The van der Waals surface area contributed by atoms with Gasteiger partial charge in [-0.25, -0.2) is 4.98 Å². The number of nitrogens with one attached hydrogen (secondary N) is 1. The zero-order valence-corrected chi connectivity index (χ0v) is 16.1. The number of carbonyl (C=O) groups excluding carboxylic acids is 1. The summed E-state index contributed by atoms with van der Waals surface area (Å²) in [5.74, 6) is 1.34. The normalized spacial score (nSPS) is 17.6. The van der Waals surface area contributed by atoms with Gasteiger partial charge in [-0.05, 0) is 46.1 Å². The summed E-state index contributed by atoms with van der Waals surface area (Å²) in [6.07, 6.45) is 3.87. The molecule has 0 aromatic carbocycles. The summed E-state index contributed by atoms with van der Waals surface area (Å²) in [5.41, 5.74) is 2.49. The number of rotatable bonds is 3. The molecule has 1 atom stereocenters. The maximum absolute atomic E-state index is 12.7. The molecular formula is C19H29N5O. The molecule has 0 radical (unpaired) electrons. The number of imidazole rings is 1. The fourth-order valence-electron chi connectivity index (χ4n) is 3.42. The molecule has 3 rings (SSSR count). The molecule has 136 valence electrons. The summed E-state index contributed by atoms with van der Waals surface area (Å²) in [6.45, 7) is 13.4. The number of aromatic nitrogens is 4. The molecule has 0 spiro atoms. The molecule has 0 fully saturated rings. The van der Waals surface area contributed by atoms with Crippen LogP contribution in [-0.4, -0.2) is 31.3 Å². The van der Waals surface area contributed by atoms with Gasteiger partial charge < -0.3 is 9.88 Å². The van der Waals surface area contributed by atoms with Crippen molar-refractivity contribution in [1.82, 2.24) is 24.6 Å². The Morgan fingerprint density at radius 1 is 1.36 bits per heavy atom. The molecule has 0 aliphatic carbocycles. The molecule has 1 aliphatic rings. The largest absolute Gasteiger partial charge is 0.346 e. The van der Waals surface area contributed by atoms with Gasteiger partial charge in [0.25, 0.3) is 5.91 Å². The van der Waals surface area contributed by atoms with Crippen molar-refractivity contribution >= 4 is 5.91 Å². The average Bonchev–Trinajstić information content (AvgIpc) is 3.09. The van der Waals surface area contributed by atoms with Crippen LogP contribution in [-0.2, 0) is 18.5 Å². The van der Waals surface area contributed by atoms with Crippen molar-refractivity contribution in [3.8, 4) is 0 Å². The highest BCUT2D eigenvalue weighted by Crippen LogP contribution is 2.24. The Bertz CT molecular complexity index is 778. The highest BCUT2D eigenvalue weighted by atomic mass is 16.2. The monoisotopic (exact) mass is 343 g/mol. The highest BCUT2D eigenvalue weighted by molar-refractivity contribution is 5.92. The van der Waals surface area contributed by atoms with E-state index in [1.165, 1.54) is 0 Å². The number of fused-ring (bicyclic) bond motifs is 1. The lowest BCUT2D eigenvalue weighted by Crippen LogP contribution is -2.41. The van der Waals surface area contributed by atoms with Crippen LogP contribution in [0.25, 0.3) is 0 Å². The number of amides is 1. The van der Waals surface area contributed by atoms with Gasteiger partial charge in [-0.15, -0.1) is 0 Å². The molecule has 1 amide bonds. The van der Waals surface area contributed by atoms with Crippen LogP contribution in [0.4, 0.5) is 0 Å². The maximum Gasteiger partial charge on any atom is 0.272 e. The summed E-state index contributed by atoms with van der Waals surface area (Å²) in [5, 5.41) is 7.75. The molecule has 0 saturated heterocycles. The number of hydrogen-bond acceptors (Lipinski definition) is 3. The molecular weight excluding hydrogens is 314 g/mol. The Morgan fingerprint density at radius 2 is 2.08 bits per heavy atom. The summed E-state index contributed by atoms with van der Waals surface area (Å²) in [4.78, 5) is 17.3. The van der Waals surface area contributed by atoms with Gasteiger partial charge in [-0.2, -0.15) is 5.10 Å². The van der Waals surface area contributed by atoms with E-state index in [2.05, 4.69) is 60.8 Å². The topological polar surface area (TPSA) is 64.7 Å². The van der Waals surface area contributed by atoms with Crippen molar-refractivity contribution in [2.45, 2.75) is 78.4 Å². The van der Waals surface area contributed by atoms with E-state index in [9.17, 15) is 4.79 Å². The van der Waals surface area contributed by atoms with E-state index in [0.29, 0.717) is 11.6 Å². The lowest BCUT2D eigenvalue weighted by Gasteiger charge is -2.24. The van der Waals surface area contributed by atoms with Crippen LogP contribution in [0.5, 0.6) is 0 Å². The van der Waals surface area contributed by atoms with E-state index < -0.39 is 0 Å². The SMILES string of the molecule is Cc1cn2c(n1)CCC(NC(=O)c1cc(C(C)C)n(C(C)(C)C)n1)C2. The lowest BCUT2D eigenvalue weighted by atomic mass is 10.1. The van der Waals surface area contributed by atoms with Gasteiger partial charge in [0.2, 0.25) is 0 Å². The molecule has 25 heavy (non-hydrogen) atoms. The van der Waals surface area contributed by atoms with Crippen LogP contribution in [0.1, 0.15) is 74.7 Å². The molecule has 3 heterocycles. The molecule has 0 bridgehead atoms. The van der Waals surface area contributed by atoms with Crippen LogP contribution in [0.2, 0.25) is 0 Å². The van der Waals surface area contributed by atoms with E-state index in [1.54, 1.807) is 0 Å². The number of hydrogen-bond donors (Lipinski definition) is 1. The van der Waals surface area contributed by atoms with Crippen LogP contribution in [0.3, 0.4) is 0 Å². The van der Waals surface area contributed by atoms with E-state index >= 15 is 0 Å². The van der Waals surface area contributed by atoms with Crippen LogP contribution in [0, 0.1) is 6.92 Å². The number of nitrogens with zero attached hydrogens (tertiary/aromatic N) is 4. The van der Waals surface area contributed by atoms with Crippen LogP contribution in [0.15, 0.2) is 12.3 Å². The van der Waals surface area contributed by atoms with Crippen LogP contribution < -0.4 is 5.32 Å². The van der Waals surface area contributed by atoms with Gasteiger partial charge >= 0.3 is 0 Å². The first-order valence-corrected chi connectivity index (χ1v) is 9.09. The Kier molecular flexibility index (Phi) is 4.47. The standard InChI is InChI=1S/C19H29N5O/c1-12(2)16-9-15(22-24(16)19(4,5)6)18(25)21-14-7-8-17-20-13(3)10-23(17)11-14/h9-10,12,14H,7-8,11H2,1-6H3,(H,21,25). The summed E-state index contributed by atoms with van der Waals surface area (Å²) >= 11 is 0. The van der Waals surface area contributed by atoms with E-state index in [0.717, 1.165) is 36.6 Å². The first-order chi connectivity index (χ1) is 11.6. The fraction of sp³-hybridized carbons (Fsp3) is 0.632. The quantitative estimate of drug-likeness (QED) is 0.932. The van der Waals surface area contributed by atoms with Crippen molar-refractivity contribution < 1.29 is 4.79 Å². The Labute approximate surface area is 149 Å². The Balaban J connectivity index is 1.76. The molecule has 1 N–H and O–H groups in total. The second-order valence-electron chi connectivity index (χ2n) is 8.35. The third kappa shape index (κ3) is 3.62. The van der Waals surface area contributed by atoms with Gasteiger partial charge in [-0.1, -0.05) is 13.8 Å². The van der Waals surface area contributed by atoms with E-state index in [4.69, 9.17) is 0 Å². The van der Waals surface area contributed by atoms with E-state index in [-0.39, 0.29) is 17.5 Å². The second-order valence-corrected chi connectivity index (χ2v) is 8.35. The second kappa shape index (κ2) is 6.32. The van der Waals surface area contributed by atoms with Gasteiger partial charge in [0, 0.05) is 30.9 Å². The molecule has 2 aromatic heterocycles. The van der Waals surface area contributed by atoms with Gasteiger partial charge in [-0.3, -0.25) is 9.48 Å². The number of carbonyl (C=O) groups is 1. The molecule has 1 aliphatic heterocycles. The van der Waals surface area contributed by atoms with Crippen molar-refractivity contribution in [2.75, 3.05) is 0 Å². The smallest absolute Gasteiger partial charge is 0.272 e. The summed E-state index contributed by atoms with van der Waals surface area (Å²) in [6, 6.07) is 2.05. The predicted molar refractivity (Wildman–Crippen MR) is 97.9 cm³/mol. The highest BCUT2D eigenvalue weighted by Gasteiger charge is 2.26. The van der Waals surface area contributed by atoms with Crippen molar-refractivity contribution in [2.24, 2.45) is 0 Å². The Hall–Kier alpha value is -2.11. The van der Waals surface area contributed by atoms with E-state index in [1.807, 2.05) is 17.7 Å². The number of aryl methyl sites for hydroxylation is 2. The molecule has 6 nitrogen and oxygen atoms in total. The first kappa shape index (κ1) is 17.7. The molecule has 6 heteroatoms. The average molecular weight is 343 g/mol. The van der Waals surface area contributed by atoms with Gasteiger partial charge in [0.05, 0.1) is 11.2 Å². The molecule has 0 saturated carbocycles.